The van der Waals surface area contributed by atoms with Gasteiger partial charge in [0.1, 0.15) is 18.3 Å². The molecule has 0 amide bonds. The average Bonchev–Trinajstić information content (AvgIpc) is 2.87. The van der Waals surface area contributed by atoms with Crippen LogP contribution in [0.1, 0.15) is 52.9 Å². The fourth-order valence-electron chi connectivity index (χ4n) is 2.87. The van der Waals surface area contributed by atoms with Gasteiger partial charge < -0.3 is 24.7 Å². The Morgan fingerprint density at radius 2 is 1.75 bits per heavy atom. The number of fused-ring (bicyclic) bond motifs is 1. The molecule has 118 valence electrons. The van der Waals surface area contributed by atoms with Gasteiger partial charge in [-0.15, -0.1) is 0 Å². The summed E-state index contributed by atoms with van der Waals surface area (Å²) in [5.74, 6) is -0.574. The van der Waals surface area contributed by atoms with Crippen molar-refractivity contribution in [1.29, 1.82) is 0 Å². The molecule has 0 spiro atoms. The minimum Gasteiger partial charge on any atom is -0.350 e. The summed E-state index contributed by atoms with van der Waals surface area (Å²) in [4.78, 5) is 0. The Hall–Kier alpha value is -0.200. The third kappa shape index (κ3) is 3.92. The number of nitrogens with two attached hydrogens (primary N) is 1. The molecule has 2 N–H and O–H groups in total. The minimum atomic E-state index is -0.574. The van der Waals surface area contributed by atoms with E-state index in [0.717, 1.165) is 6.42 Å². The molecule has 2 saturated heterocycles. The highest BCUT2D eigenvalue weighted by atomic mass is 16.8. The van der Waals surface area contributed by atoms with Crippen LogP contribution in [-0.2, 0) is 18.9 Å². The quantitative estimate of drug-likeness (QED) is 0.693. The van der Waals surface area contributed by atoms with E-state index >= 15 is 0 Å². The second kappa shape index (κ2) is 7.18. The van der Waals surface area contributed by atoms with Crippen LogP contribution in [-0.4, -0.2) is 43.5 Å². The van der Waals surface area contributed by atoms with Crippen LogP contribution in [0, 0.1) is 0 Å². The zero-order valence-corrected chi connectivity index (χ0v) is 13.0. The van der Waals surface area contributed by atoms with E-state index in [-0.39, 0.29) is 24.6 Å². The van der Waals surface area contributed by atoms with E-state index in [0.29, 0.717) is 13.2 Å². The molecule has 2 heterocycles. The molecule has 0 bridgehead atoms. The molecule has 0 saturated carbocycles. The molecule has 5 heteroatoms. The van der Waals surface area contributed by atoms with Gasteiger partial charge in [-0.1, -0.05) is 32.6 Å². The van der Waals surface area contributed by atoms with E-state index in [1.165, 1.54) is 25.7 Å². The third-order valence-electron chi connectivity index (χ3n) is 3.87. The predicted octanol–water partition coefficient (Wildman–Crippen LogP) is 2.18. The summed E-state index contributed by atoms with van der Waals surface area (Å²) in [5, 5.41) is 0. The number of hydrogen-bond acceptors (Lipinski definition) is 5. The van der Waals surface area contributed by atoms with Crippen molar-refractivity contribution in [2.24, 2.45) is 5.73 Å². The van der Waals surface area contributed by atoms with E-state index < -0.39 is 5.79 Å². The molecule has 4 atom stereocenters. The Balaban J connectivity index is 1.74. The highest BCUT2D eigenvalue weighted by Gasteiger charge is 2.55. The fourth-order valence-corrected chi connectivity index (χ4v) is 2.87. The van der Waals surface area contributed by atoms with E-state index in [1.54, 1.807) is 0 Å². The molecule has 2 aliphatic heterocycles. The molecule has 5 nitrogen and oxygen atoms in total. The molecule has 20 heavy (non-hydrogen) atoms. The number of ether oxygens (including phenoxy) is 4. The van der Waals surface area contributed by atoms with Gasteiger partial charge in [-0.2, -0.15) is 0 Å². The van der Waals surface area contributed by atoms with E-state index in [9.17, 15) is 0 Å². The Labute approximate surface area is 122 Å². The monoisotopic (exact) mass is 287 g/mol. The maximum Gasteiger partial charge on any atom is 0.187 e. The lowest BCUT2D eigenvalue weighted by Crippen LogP contribution is -2.34. The SMILES string of the molecule is CCCCCCCO[C@H]1O[C@H](CN)[C@@H]2OC(C)(C)O[C@H]12. The van der Waals surface area contributed by atoms with E-state index in [4.69, 9.17) is 24.7 Å². The lowest BCUT2D eigenvalue weighted by molar-refractivity contribution is -0.232. The van der Waals surface area contributed by atoms with Crippen molar-refractivity contribution in [3.05, 3.63) is 0 Å². The molecule has 2 fully saturated rings. The second-order valence-corrected chi connectivity index (χ2v) is 6.13. The van der Waals surface area contributed by atoms with Gasteiger partial charge in [0.05, 0.1) is 0 Å². The van der Waals surface area contributed by atoms with Crippen LogP contribution in [0.4, 0.5) is 0 Å². The molecule has 0 aromatic rings. The molecule has 0 aliphatic carbocycles. The van der Waals surface area contributed by atoms with Crippen molar-refractivity contribution >= 4 is 0 Å². The molecule has 0 aromatic carbocycles. The zero-order chi connectivity index (χ0) is 14.6. The Kier molecular flexibility index (Phi) is 5.81. The maximum absolute atomic E-state index is 5.89. The first-order valence-electron chi connectivity index (χ1n) is 7.90. The molecule has 0 radical (unpaired) electrons. The van der Waals surface area contributed by atoms with Gasteiger partial charge in [-0.3, -0.25) is 0 Å². The topological polar surface area (TPSA) is 62.9 Å². The van der Waals surface area contributed by atoms with Gasteiger partial charge >= 0.3 is 0 Å². The summed E-state index contributed by atoms with van der Waals surface area (Å²) < 4.78 is 23.4. The van der Waals surface area contributed by atoms with Gasteiger partial charge in [-0.05, 0) is 20.3 Å². The summed E-state index contributed by atoms with van der Waals surface area (Å²) >= 11 is 0. The van der Waals surface area contributed by atoms with Crippen LogP contribution in [0.2, 0.25) is 0 Å². The van der Waals surface area contributed by atoms with Crippen LogP contribution < -0.4 is 5.73 Å². The van der Waals surface area contributed by atoms with Crippen molar-refractivity contribution in [3.63, 3.8) is 0 Å². The smallest absolute Gasteiger partial charge is 0.187 e. The molecular weight excluding hydrogens is 258 g/mol. The Morgan fingerprint density at radius 3 is 2.45 bits per heavy atom. The predicted molar refractivity (Wildman–Crippen MR) is 76.3 cm³/mol. The van der Waals surface area contributed by atoms with Crippen LogP contribution in [0.15, 0.2) is 0 Å². The first-order valence-corrected chi connectivity index (χ1v) is 7.90. The normalized spacial score (nSPS) is 35.4. The largest absolute Gasteiger partial charge is 0.350 e. The van der Waals surface area contributed by atoms with Gasteiger partial charge in [0.2, 0.25) is 0 Å². The van der Waals surface area contributed by atoms with Crippen molar-refractivity contribution in [1.82, 2.24) is 0 Å². The first kappa shape index (κ1) is 16.2. The lowest BCUT2D eigenvalue weighted by Gasteiger charge is -2.23. The number of rotatable bonds is 8. The van der Waals surface area contributed by atoms with E-state index in [1.807, 2.05) is 13.8 Å². The maximum atomic E-state index is 5.89. The summed E-state index contributed by atoms with van der Waals surface area (Å²) in [6.07, 6.45) is 5.35. The van der Waals surface area contributed by atoms with Crippen molar-refractivity contribution < 1.29 is 18.9 Å². The highest BCUT2D eigenvalue weighted by molar-refractivity contribution is 4.95. The summed E-state index contributed by atoms with van der Waals surface area (Å²) in [7, 11) is 0. The fraction of sp³-hybridized carbons (Fsp3) is 1.00. The molecule has 0 aromatic heterocycles. The molecule has 0 unspecified atom stereocenters. The Bertz CT molecular complexity index is 298. The lowest BCUT2D eigenvalue weighted by atomic mass is 10.1. The van der Waals surface area contributed by atoms with E-state index in [2.05, 4.69) is 6.92 Å². The Morgan fingerprint density at radius 1 is 1.05 bits per heavy atom. The van der Waals surface area contributed by atoms with Crippen LogP contribution in [0.5, 0.6) is 0 Å². The zero-order valence-electron chi connectivity index (χ0n) is 13.0. The van der Waals surface area contributed by atoms with Gasteiger partial charge in [0.15, 0.2) is 12.1 Å². The van der Waals surface area contributed by atoms with Gasteiger partial charge in [0, 0.05) is 13.2 Å². The van der Waals surface area contributed by atoms with Crippen LogP contribution >= 0.6 is 0 Å². The first-order chi connectivity index (χ1) is 9.57. The minimum absolute atomic E-state index is 0.111. The van der Waals surface area contributed by atoms with Crippen molar-refractivity contribution in [3.8, 4) is 0 Å². The number of unbranched alkanes of at least 4 members (excludes halogenated alkanes) is 4. The van der Waals surface area contributed by atoms with Crippen LogP contribution in [0.3, 0.4) is 0 Å². The second-order valence-electron chi connectivity index (χ2n) is 6.13. The summed E-state index contributed by atoms with van der Waals surface area (Å²) in [6, 6.07) is 0. The van der Waals surface area contributed by atoms with Crippen molar-refractivity contribution in [2.45, 2.75) is 83.3 Å². The summed E-state index contributed by atoms with van der Waals surface area (Å²) in [6.45, 7) is 7.19. The summed E-state index contributed by atoms with van der Waals surface area (Å²) in [5.41, 5.74) is 5.73. The van der Waals surface area contributed by atoms with Crippen molar-refractivity contribution in [2.75, 3.05) is 13.2 Å². The van der Waals surface area contributed by atoms with Gasteiger partial charge in [0.25, 0.3) is 0 Å². The van der Waals surface area contributed by atoms with Crippen LogP contribution in [0.25, 0.3) is 0 Å². The van der Waals surface area contributed by atoms with Gasteiger partial charge in [-0.25, -0.2) is 0 Å². The molecule has 2 aliphatic rings. The third-order valence-corrected chi connectivity index (χ3v) is 3.87. The highest BCUT2D eigenvalue weighted by Crippen LogP contribution is 2.38. The molecular formula is C15H29NO4. The molecule has 2 rings (SSSR count). The number of hydrogen-bond donors (Lipinski definition) is 1. The average molecular weight is 287 g/mol. The standard InChI is InChI=1S/C15H29NO4/c1-4-5-6-7-8-9-17-14-13-12(11(10-16)18-14)19-15(2,3)20-13/h11-14H,4-10,16H2,1-3H3/t11-,12+,13+,14+/m1/s1.